The maximum absolute atomic E-state index is 11.8. The summed E-state index contributed by atoms with van der Waals surface area (Å²) in [5.41, 5.74) is 0.842. The van der Waals surface area contributed by atoms with Crippen LogP contribution in [0.15, 0.2) is 24.3 Å². The predicted molar refractivity (Wildman–Crippen MR) is 79.0 cm³/mol. The van der Waals surface area contributed by atoms with E-state index in [0.717, 1.165) is 18.4 Å². The molecule has 0 atom stereocenters. The summed E-state index contributed by atoms with van der Waals surface area (Å²) in [7, 11) is -3.45. The van der Waals surface area contributed by atoms with Crippen LogP contribution in [-0.2, 0) is 10.1 Å². The SMILES string of the molecule is CCCCCCCCS(=O)(=O)Oc1ccccc1C. The molecule has 0 saturated carbocycles. The van der Waals surface area contributed by atoms with E-state index in [1.54, 1.807) is 12.1 Å². The highest BCUT2D eigenvalue weighted by Gasteiger charge is 2.13. The molecule has 0 aliphatic carbocycles. The molecule has 0 bridgehead atoms. The number of benzene rings is 1. The van der Waals surface area contributed by atoms with Crippen LogP contribution in [0.4, 0.5) is 0 Å². The van der Waals surface area contributed by atoms with Crippen molar-refractivity contribution in [2.45, 2.75) is 52.4 Å². The Morgan fingerprint density at radius 3 is 2.32 bits per heavy atom. The van der Waals surface area contributed by atoms with Crippen LogP contribution in [0.2, 0.25) is 0 Å². The summed E-state index contributed by atoms with van der Waals surface area (Å²) in [4.78, 5) is 0. The molecule has 0 N–H and O–H groups in total. The molecule has 4 heteroatoms. The van der Waals surface area contributed by atoms with Crippen LogP contribution in [0.3, 0.4) is 0 Å². The van der Waals surface area contributed by atoms with Crippen molar-refractivity contribution in [2.75, 3.05) is 5.75 Å². The zero-order valence-corrected chi connectivity index (χ0v) is 12.7. The van der Waals surface area contributed by atoms with Gasteiger partial charge in [-0.2, -0.15) is 8.42 Å². The molecule has 0 aliphatic rings. The number of rotatable bonds is 9. The largest absolute Gasteiger partial charge is 0.382 e. The second kappa shape index (κ2) is 8.20. The van der Waals surface area contributed by atoms with Crippen molar-refractivity contribution >= 4 is 10.1 Å². The van der Waals surface area contributed by atoms with Crippen molar-refractivity contribution in [3.63, 3.8) is 0 Å². The van der Waals surface area contributed by atoms with Crippen molar-refractivity contribution in [1.29, 1.82) is 0 Å². The van der Waals surface area contributed by atoms with E-state index >= 15 is 0 Å². The first-order chi connectivity index (χ1) is 9.05. The second-order valence-corrected chi connectivity index (χ2v) is 6.57. The number of hydrogen-bond acceptors (Lipinski definition) is 3. The zero-order chi connectivity index (χ0) is 14.1. The van der Waals surface area contributed by atoms with Crippen molar-refractivity contribution in [1.82, 2.24) is 0 Å². The van der Waals surface area contributed by atoms with Crippen LogP contribution in [0, 0.1) is 6.92 Å². The van der Waals surface area contributed by atoms with Crippen LogP contribution in [0.5, 0.6) is 5.75 Å². The van der Waals surface area contributed by atoms with E-state index in [4.69, 9.17) is 4.18 Å². The molecule has 0 saturated heterocycles. The van der Waals surface area contributed by atoms with E-state index in [-0.39, 0.29) is 5.75 Å². The average molecular weight is 284 g/mol. The van der Waals surface area contributed by atoms with Crippen molar-refractivity contribution in [3.05, 3.63) is 29.8 Å². The molecule has 1 aromatic rings. The minimum absolute atomic E-state index is 0.105. The maximum Gasteiger partial charge on any atom is 0.309 e. The number of para-hydroxylation sites is 1. The molecule has 0 heterocycles. The summed E-state index contributed by atoms with van der Waals surface area (Å²) < 4.78 is 28.8. The molecule has 1 aromatic carbocycles. The van der Waals surface area contributed by atoms with Gasteiger partial charge in [0.15, 0.2) is 0 Å². The third kappa shape index (κ3) is 6.62. The van der Waals surface area contributed by atoms with Gasteiger partial charge in [0, 0.05) is 0 Å². The van der Waals surface area contributed by atoms with Crippen molar-refractivity contribution in [3.8, 4) is 5.75 Å². The minimum Gasteiger partial charge on any atom is -0.382 e. The Kier molecular flexibility index (Phi) is 6.92. The molecule has 0 spiro atoms. The molecule has 1 rings (SSSR count). The lowest BCUT2D eigenvalue weighted by Crippen LogP contribution is -2.14. The van der Waals surface area contributed by atoms with Gasteiger partial charge in [-0.15, -0.1) is 0 Å². The van der Waals surface area contributed by atoms with Gasteiger partial charge < -0.3 is 4.18 Å². The van der Waals surface area contributed by atoms with Crippen LogP contribution in [-0.4, -0.2) is 14.2 Å². The number of hydrogen-bond donors (Lipinski definition) is 0. The first kappa shape index (κ1) is 16.0. The highest BCUT2D eigenvalue weighted by atomic mass is 32.2. The van der Waals surface area contributed by atoms with Gasteiger partial charge in [-0.3, -0.25) is 0 Å². The maximum atomic E-state index is 11.8. The van der Waals surface area contributed by atoms with E-state index < -0.39 is 10.1 Å². The highest BCUT2D eigenvalue weighted by Crippen LogP contribution is 2.19. The Labute approximate surface area is 117 Å². The lowest BCUT2D eigenvalue weighted by atomic mass is 10.1. The van der Waals surface area contributed by atoms with E-state index in [1.807, 2.05) is 19.1 Å². The summed E-state index contributed by atoms with van der Waals surface area (Å²) >= 11 is 0. The van der Waals surface area contributed by atoms with Crippen molar-refractivity contribution < 1.29 is 12.6 Å². The minimum atomic E-state index is -3.45. The molecule has 0 radical (unpaired) electrons. The molecule has 0 amide bonds. The fraction of sp³-hybridized carbons (Fsp3) is 0.600. The van der Waals surface area contributed by atoms with Gasteiger partial charge in [0.1, 0.15) is 5.75 Å². The first-order valence-electron chi connectivity index (χ1n) is 7.03. The smallest absolute Gasteiger partial charge is 0.309 e. The van der Waals surface area contributed by atoms with Crippen LogP contribution >= 0.6 is 0 Å². The van der Waals surface area contributed by atoms with Gasteiger partial charge in [-0.1, -0.05) is 57.2 Å². The molecule has 19 heavy (non-hydrogen) atoms. The predicted octanol–water partition coefficient (Wildman–Crippen LogP) is 4.06. The first-order valence-corrected chi connectivity index (χ1v) is 8.60. The van der Waals surface area contributed by atoms with E-state index in [1.165, 1.54) is 19.3 Å². The quantitative estimate of drug-likeness (QED) is 0.507. The number of unbranched alkanes of at least 4 members (excludes halogenated alkanes) is 5. The standard InChI is InChI=1S/C15H24O3S/c1-3-4-5-6-7-10-13-19(16,17)18-15-12-9-8-11-14(15)2/h8-9,11-12H,3-7,10,13H2,1-2H3. The zero-order valence-electron chi connectivity index (χ0n) is 11.9. The van der Waals surface area contributed by atoms with Crippen LogP contribution in [0.25, 0.3) is 0 Å². The van der Waals surface area contributed by atoms with Gasteiger partial charge in [-0.05, 0) is 25.0 Å². The molecule has 3 nitrogen and oxygen atoms in total. The molecule has 0 unspecified atom stereocenters. The Balaban J connectivity index is 2.34. The average Bonchev–Trinajstić information content (AvgIpc) is 2.36. The monoisotopic (exact) mass is 284 g/mol. The summed E-state index contributed by atoms with van der Waals surface area (Å²) in [6.07, 6.45) is 6.36. The van der Waals surface area contributed by atoms with Gasteiger partial charge in [0.05, 0.1) is 5.75 Å². The summed E-state index contributed by atoms with van der Waals surface area (Å²) in [6, 6.07) is 7.18. The third-order valence-corrected chi connectivity index (χ3v) is 4.28. The van der Waals surface area contributed by atoms with Gasteiger partial charge in [0.25, 0.3) is 0 Å². The molecular weight excluding hydrogens is 260 g/mol. The topological polar surface area (TPSA) is 43.4 Å². The van der Waals surface area contributed by atoms with Gasteiger partial charge in [0.2, 0.25) is 0 Å². The lowest BCUT2D eigenvalue weighted by Gasteiger charge is -2.08. The third-order valence-electron chi connectivity index (χ3n) is 3.06. The second-order valence-electron chi connectivity index (χ2n) is 4.88. The normalized spacial score (nSPS) is 11.5. The summed E-state index contributed by atoms with van der Waals surface area (Å²) in [6.45, 7) is 4.01. The van der Waals surface area contributed by atoms with E-state index in [9.17, 15) is 8.42 Å². The van der Waals surface area contributed by atoms with E-state index in [2.05, 4.69) is 6.92 Å². The van der Waals surface area contributed by atoms with Crippen LogP contribution in [0.1, 0.15) is 51.0 Å². The van der Waals surface area contributed by atoms with Crippen LogP contribution < -0.4 is 4.18 Å². The molecular formula is C15H24O3S. The van der Waals surface area contributed by atoms with Gasteiger partial charge >= 0.3 is 10.1 Å². The molecule has 0 aromatic heterocycles. The number of aryl methyl sites for hydroxylation is 1. The van der Waals surface area contributed by atoms with Crippen molar-refractivity contribution in [2.24, 2.45) is 0 Å². The molecule has 108 valence electrons. The van der Waals surface area contributed by atoms with E-state index in [0.29, 0.717) is 12.2 Å². The fourth-order valence-electron chi connectivity index (χ4n) is 1.89. The summed E-state index contributed by atoms with van der Waals surface area (Å²) in [5.74, 6) is 0.543. The Bertz CT molecular complexity index is 466. The molecule has 0 fully saturated rings. The Morgan fingerprint density at radius 2 is 1.63 bits per heavy atom. The highest BCUT2D eigenvalue weighted by molar-refractivity contribution is 7.87. The Hall–Kier alpha value is -1.03. The Morgan fingerprint density at radius 1 is 1.00 bits per heavy atom. The lowest BCUT2D eigenvalue weighted by molar-refractivity contribution is 0.480. The molecule has 0 aliphatic heterocycles. The summed E-state index contributed by atoms with van der Waals surface area (Å²) in [5, 5.41) is 0. The fourth-order valence-corrected chi connectivity index (χ4v) is 2.99. The van der Waals surface area contributed by atoms with Gasteiger partial charge in [-0.25, -0.2) is 0 Å².